The Bertz CT molecular complexity index is 570. The van der Waals surface area contributed by atoms with Gasteiger partial charge in [0, 0.05) is 11.3 Å². The molecule has 0 saturated heterocycles. The Morgan fingerprint density at radius 3 is 2.38 bits per heavy atom. The van der Waals surface area contributed by atoms with Crippen molar-refractivity contribution in [3.63, 3.8) is 0 Å². The van der Waals surface area contributed by atoms with Gasteiger partial charge in [-0.1, -0.05) is 41.5 Å². The Labute approximate surface area is 150 Å². The molecule has 1 heterocycles. The lowest BCUT2D eigenvalue weighted by Crippen LogP contribution is -2.15. The van der Waals surface area contributed by atoms with Crippen LogP contribution < -0.4 is 5.32 Å². The van der Waals surface area contributed by atoms with Crippen molar-refractivity contribution < 1.29 is 14.3 Å². The number of anilines is 1. The minimum Gasteiger partial charge on any atom is -0.462 e. The molecule has 4 nitrogen and oxygen atoms in total. The maximum Gasteiger partial charge on any atom is 0.341 e. The van der Waals surface area contributed by atoms with Gasteiger partial charge in [-0.2, -0.15) is 0 Å². The van der Waals surface area contributed by atoms with Crippen molar-refractivity contribution in [1.82, 2.24) is 0 Å². The molecule has 0 fully saturated rings. The fourth-order valence-electron chi connectivity index (χ4n) is 2.67. The van der Waals surface area contributed by atoms with E-state index < -0.39 is 0 Å². The SMILES string of the molecule is CCOC(=O)c1cc(C(C)CC(C)(C)C)sc1NC(=O)CC(C)C. The first kappa shape index (κ1) is 20.7. The van der Waals surface area contributed by atoms with E-state index in [0.717, 1.165) is 11.3 Å². The molecule has 1 aromatic heterocycles. The van der Waals surface area contributed by atoms with E-state index in [0.29, 0.717) is 29.5 Å². The van der Waals surface area contributed by atoms with E-state index in [9.17, 15) is 9.59 Å². The third-order valence-corrected chi connectivity index (χ3v) is 4.78. The molecule has 0 spiro atoms. The topological polar surface area (TPSA) is 55.4 Å². The Balaban J connectivity index is 3.06. The number of rotatable bonds is 7. The second-order valence-corrected chi connectivity index (χ2v) is 9.01. The van der Waals surface area contributed by atoms with Crippen molar-refractivity contribution in [1.29, 1.82) is 0 Å². The summed E-state index contributed by atoms with van der Waals surface area (Å²) in [6.45, 7) is 14.9. The van der Waals surface area contributed by atoms with E-state index in [4.69, 9.17) is 4.74 Å². The summed E-state index contributed by atoms with van der Waals surface area (Å²) in [6.07, 6.45) is 1.45. The highest BCUT2D eigenvalue weighted by Gasteiger charge is 2.24. The molecular weight excluding hydrogens is 322 g/mol. The van der Waals surface area contributed by atoms with Gasteiger partial charge in [-0.15, -0.1) is 11.3 Å². The quantitative estimate of drug-likeness (QED) is 0.663. The highest BCUT2D eigenvalue weighted by Crippen LogP contribution is 2.38. The fourth-order valence-corrected chi connectivity index (χ4v) is 3.79. The molecule has 0 aliphatic heterocycles. The van der Waals surface area contributed by atoms with Crippen molar-refractivity contribution >= 4 is 28.2 Å². The summed E-state index contributed by atoms with van der Waals surface area (Å²) in [5.41, 5.74) is 0.670. The van der Waals surface area contributed by atoms with Gasteiger partial charge in [0.1, 0.15) is 5.00 Å². The summed E-state index contributed by atoms with van der Waals surface area (Å²) in [5, 5.41) is 3.50. The number of nitrogens with one attached hydrogen (secondary N) is 1. The van der Waals surface area contributed by atoms with Crippen LogP contribution in [0.5, 0.6) is 0 Å². The molecule has 1 atom stereocenters. The summed E-state index contributed by atoms with van der Waals surface area (Å²) in [7, 11) is 0. The predicted molar refractivity (Wildman–Crippen MR) is 101 cm³/mol. The number of ether oxygens (including phenoxy) is 1. The first-order valence-corrected chi connectivity index (χ1v) is 9.45. The molecule has 1 aromatic rings. The maximum atomic E-state index is 12.2. The van der Waals surface area contributed by atoms with Crippen LogP contribution in [0.3, 0.4) is 0 Å². The summed E-state index contributed by atoms with van der Waals surface area (Å²) in [4.78, 5) is 25.4. The molecule has 5 heteroatoms. The fraction of sp³-hybridized carbons (Fsp3) is 0.684. The number of carbonyl (C=O) groups excluding carboxylic acids is 2. The second kappa shape index (κ2) is 8.65. The molecule has 0 aliphatic carbocycles. The van der Waals surface area contributed by atoms with Crippen LogP contribution in [0, 0.1) is 11.3 Å². The van der Waals surface area contributed by atoms with E-state index in [1.165, 1.54) is 11.3 Å². The minimum absolute atomic E-state index is 0.0626. The van der Waals surface area contributed by atoms with Gasteiger partial charge in [0.05, 0.1) is 12.2 Å². The summed E-state index contributed by atoms with van der Waals surface area (Å²) in [6, 6.07) is 1.88. The van der Waals surface area contributed by atoms with Crippen LogP contribution >= 0.6 is 11.3 Å². The predicted octanol–water partition coefficient (Wildman–Crippen LogP) is 5.45. The zero-order valence-corrected chi connectivity index (χ0v) is 16.8. The molecule has 0 bridgehead atoms. The molecule has 0 aliphatic rings. The van der Waals surface area contributed by atoms with Crippen LogP contribution in [0.1, 0.15) is 82.5 Å². The Kier molecular flexibility index (Phi) is 7.46. The third-order valence-electron chi connectivity index (χ3n) is 3.50. The minimum atomic E-state index is -0.372. The zero-order chi connectivity index (χ0) is 18.5. The van der Waals surface area contributed by atoms with Gasteiger partial charge >= 0.3 is 5.97 Å². The normalized spacial score (nSPS) is 13.0. The number of hydrogen-bond acceptors (Lipinski definition) is 4. The molecule has 136 valence electrons. The second-order valence-electron chi connectivity index (χ2n) is 7.92. The van der Waals surface area contributed by atoms with E-state index in [-0.39, 0.29) is 23.2 Å². The van der Waals surface area contributed by atoms with Crippen LogP contribution in [-0.2, 0) is 9.53 Å². The summed E-state index contributed by atoms with van der Waals surface area (Å²) in [5.74, 6) is 0.157. The van der Waals surface area contributed by atoms with Crippen molar-refractivity contribution in [2.45, 2.75) is 67.2 Å². The Morgan fingerprint density at radius 1 is 1.25 bits per heavy atom. The number of esters is 1. The lowest BCUT2D eigenvalue weighted by atomic mass is 9.85. The molecule has 1 rings (SSSR count). The maximum absolute atomic E-state index is 12.2. The van der Waals surface area contributed by atoms with Gasteiger partial charge in [-0.05, 0) is 36.7 Å². The highest BCUT2D eigenvalue weighted by molar-refractivity contribution is 7.16. The van der Waals surface area contributed by atoms with Gasteiger partial charge in [-0.25, -0.2) is 4.79 Å². The summed E-state index contributed by atoms with van der Waals surface area (Å²) < 4.78 is 5.14. The van der Waals surface area contributed by atoms with Crippen molar-refractivity contribution in [2.24, 2.45) is 11.3 Å². The van der Waals surface area contributed by atoms with Crippen molar-refractivity contribution in [3.8, 4) is 0 Å². The average molecular weight is 354 g/mol. The van der Waals surface area contributed by atoms with Crippen LogP contribution in [0.2, 0.25) is 0 Å². The number of amides is 1. The Morgan fingerprint density at radius 2 is 1.88 bits per heavy atom. The largest absolute Gasteiger partial charge is 0.462 e. The first-order valence-electron chi connectivity index (χ1n) is 8.64. The lowest BCUT2D eigenvalue weighted by Gasteiger charge is -2.22. The van der Waals surface area contributed by atoms with Gasteiger partial charge < -0.3 is 10.1 Å². The van der Waals surface area contributed by atoms with E-state index in [2.05, 4.69) is 33.0 Å². The number of hydrogen-bond donors (Lipinski definition) is 1. The summed E-state index contributed by atoms with van der Waals surface area (Å²) >= 11 is 1.49. The molecule has 0 radical (unpaired) electrons. The zero-order valence-electron chi connectivity index (χ0n) is 16.0. The highest BCUT2D eigenvalue weighted by atomic mass is 32.1. The molecule has 24 heavy (non-hydrogen) atoms. The Hall–Kier alpha value is -1.36. The number of thiophene rings is 1. The van der Waals surface area contributed by atoms with Crippen LogP contribution in [0.15, 0.2) is 6.07 Å². The van der Waals surface area contributed by atoms with E-state index in [1.54, 1.807) is 6.92 Å². The van der Waals surface area contributed by atoms with Crippen LogP contribution in [0.25, 0.3) is 0 Å². The van der Waals surface area contributed by atoms with Gasteiger partial charge in [0.2, 0.25) is 5.91 Å². The lowest BCUT2D eigenvalue weighted by molar-refractivity contribution is -0.116. The van der Waals surface area contributed by atoms with Crippen LogP contribution in [0.4, 0.5) is 5.00 Å². The van der Waals surface area contributed by atoms with Crippen molar-refractivity contribution in [2.75, 3.05) is 11.9 Å². The molecular formula is C19H31NO3S. The standard InChI is InChI=1S/C19H31NO3S/c1-8-23-18(22)14-10-15(13(4)11-19(5,6)7)24-17(14)20-16(21)9-12(2)3/h10,12-13H,8-9,11H2,1-7H3,(H,20,21). The van der Waals surface area contributed by atoms with Crippen molar-refractivity contribution in [3.05, 3.63) is 16.5 Å². The molecule has 1 unspecified atom stereocenters. The van der Waals surface area contributed by atoms with E-state index in [1.807, 2.05) is 19.9 Å². The molecule has 1 amide bonds. The third kappa shape index (κ3) is 6.63. The van der Waals surface area contributed by atoms with Gasteiger partial charge in [0.25, 0.3) is 0 Å². The molecule has 0 aromatic carbocycles. The number of carbonyl (C=O) groups is 2. The first-order chi connectivity index (χ1) is 11.0. The monoisotopic (exact) mass is 353 g/mol. The van der Waals surface area contributed by atoms with Crippen LogP contribution in [-0.4, -0.2) is 18.5 Å². The molecule has 1 N–H and O–H groups in total. The average Bonchev–Trinajstić information content (AvgIpc) is 2.80. The van der Waals surface area contributed by atoms with Gasteiger partial charge in [0.15, 0.2) is 0 Å². The van der Waals surface area contributed by atoms with E-state index >= 15 is 0 Å². The van der Waals surface area contributed by atoms with Gasteiger partial charge in [-0.3, -0.25) is 4.79 Å². The molecule has 0 saturated carbocycles. The smallest absolute Gasteiger partial charge is 0.341 e.